The van der Waals surface area contributed by atoms with Crippen LogP contribution in [0.3, 0.4) is 0 Å². The molecule has 2 fully saturated rings. The highest BCUT2D eigenvalue weighted by molar-refractivity contribution is 5.69. The number of hydrogen-bond donors (Lipinski definition) is 3. The average molecular weight is 516 g/mol. The van der Waals surface area contributed by atoms with E-state index in [9.17, 15) is 24.9 Å². The second kappa shape index (κ2) is 10.1. The largest absolute Gasteiger partial charge is 0.392 e. The molecule has 2 aliphatic rings. The minimum atomic E-state index is -1.39. The number of benzene rings is 1. The average Bonchev–Trinajstić information content (AvgIpc) is 3.56. The normalized spacial score (nSPS) is 26.3. The van der Waals surface area contributed by atoms with Gasteiger partial charge in [-0.05, 0) is 5.56 Å². The van der Waals surface area contributed by atoms with Gasteiger partial charge in [-0.3, -0.25) is 18.8 Å². The van der Waals surface area contributed by atoms with Gasteiger partial charge in [-0.15, -0.1) is 0 Å². The van der Waals surface area contributed by atoms with Crippen LogP contribution in [0.1, 0.15) is 12.0 Å². The Hall–Kier alpha value is -2.87. The summed E-state index contributed by atoms with van der Waals surface area (Å²) >= 11 is 0. The standard InChI is InChI=1S/C25H33N5O7/c1-27-22-19(23(33)28(2)24(27)34)30(15-26-22)9-8-29(11-16-6-4-3-5-7-16)12-17(31)10-25(35)14-37-20-18(32)13-36-21(20)25/h3-7,15,17-18,20-21,31-32,35H,8-14H2,1-2H3/t17?,18-,20-,21+,25+/m1/s1. The number of rotatable bonds is 9. The monoisotopic (exact) mass is 515 g/mol. The van der Waals surface area contributed by atoms with Crippen LogP contribution in [0.2, 0.25) is 0 Å². The van der Waals surface area contributed by atoms with Gasteiger partial charge in [0.25, 0.3) is 5.56 Å². The van der Waals surface area contributed by atoms with Crippen molar-refractivity contribution in [1.82, 2.24) is 23.6 Å². The molecule has 0 radical (unpaired) electrons. The van der Waals surface area contributed by atoms with Gasteiger partial charge in [0, 0.05) is 46.7 Å². The second-order valence-electron chi connectivity index (χ2n) is 10.1. The number of fused-ring (bicyclic) bond motifs is 2. The molecule has 0 aliphatic carbocycles. The fraction of sp³-hybridized carbons (Fsp3) is 0.560. The number of aliphatic hydroxyl groups is 3. The Kier molecular flexibility index (Phi) is 7.05. The number of hydrogen-bond acceptors (Lipinski definition) is 9. The summed E-state index contributed by atoms with van der Waals surface area (Å²) in [6.45, 7) is 1.74. The van der Waals surface area contributed by atoms with E-state index in [0.29, 0.717) is 30.8 Å². The van der Waals surface area contributed by atoms with Gasteiger partial charge >= 0.3 is 5.69 Å². The van der Waals surface area contributed by atoms with Crippen molar-refractivity contribution < 1.29 is 24.8 Å². The van der Waals surface area contributed by atoms with E-state index >= 15 is 0 Å². The Bertz CT molecular complexity index is 1370. The fourth-order valence-electron chi connectivity index (χ4n) is 5.41. The van der Waals surface area contributed by atoms with Gasteiger partial charge in [-0.25, -0.2) is 9.78 Å². The lowest BCUT2D eigenvalue weighted by atomic mass is 9.90. The van der Waals surface area contributed by atoms with Crippen molar-refractivity contribution in [1.29, 1.82) is 0 Å². The van der Waals surface area contributed by atoms with Crippen LogP contribution in [0.5, 0.6) is 0 Å². The Labute approximate surface area is 212 Å². The summed E-state index contributed by atoms with van der Waals surface area (Å²) in [5.74, 6) is 0. The first-order valence-electron chi connectivity index (χ1n) is 12.4. The Morgan fingerprint density at radius 2 is 1.95 bits per heavy atom. The van der Waals surface area contributed by atoms with E-state index in [0.717, 1.165) is 10.1 Å². The highest BCUT2D eigenvalue weighted by Crippen LogP contribution is 2.37. The molecule has 12 heteroatoms. The third kappa shape index (κ3) is 4.88. The molecule has 200 valence electrons. The van der Waals surface area contributed by atoms with Crippen molar-refractivity contribution in [2.24, 2.45) is 14.1 Å². The summed E-state index contributed by atoms with van der Waals surface area (Å²) in [5.41, 5.74) is -0.538. The van der Waals surface area contributed by atoms with Gasteiger partial charge in [0.2, 0.25) is 0 Å². The summed E-state index contributed by atoms with van der Waals surface area (Å²) in [5, 5.41) is 32.1. The molecule has 3 N–H and O–H groups in total. The van der Waals surface area contributed by atoms with Crippen LogP contribution in [-0.2, 0) is 36.7 Å². The Morgan fingerprint density at radius 1 is 1.19 bits per heavy atom. The SMILES string of the molecule is Cn1c(=O)c2c(ncn2CCN(Cc2ccccc2)CC(O)C[C@]2(O)CO[C@@H]3[C@H](O)CO[C@@H]32)n(C)c1=O. The number of imidazole rings is 1. The smallest absolute Gasteiger partial charge is 0.332 e. The minimum Gasteiger partial charge on any atom is -0.392 e. The topological polar surface area (TPSA) is 144 Å². The Balaban J connectivity index is 1.33. The summed E-state index contributed by atoms with van der Waals surface area (Å²) in [6.07, 6.45) is -1.38. The molecule has 0 saturated carbocycles. The molecule has 1 aromatic carbocycles. The lowest BCUT2D eigenvalue weighted by Crippen LogP contribution is -2.48. The zero-order chi connectivity index (χ0) is 26.3. The van der Waals surface area contributed by atoms with E-state index in [-0.39, 0.29) is 26.2 Å². The number of aryl methyl sites for hydroxylation is 1. The molecule has 0 spiro atoms. The van der Waals surface area contributed by atoms with Gasteiger partial charge in [-0.1, -0.05) is 30.3 Å². The van der Waals surface area contributed by atoms with E-state index in [2.05, 4.69) is 4.98 Å². The third-order valence-corrected chi connectivity index (χ3v) is 7.36. The van der Waals surface area contributed by atoms with E-state index in [1.54, 1.807) is 17.9 Å². The van der Waals surface area contributed by atoms with Crippen LogP contribution in [0, 0.1) is 0 Å². The van der Waals surface area contributed by atoms with E-state index in [4.69, 9.17) is 9.47 Å². The fourth-order valence-corrected chi connectivity index (χ4v) is 5.41. The number of aliphatic hydroxyl groups excluding tert-OH is 2. The molecule has 0 bridgehead atoms. The number of ether oxygens (including phenoxy) is 2. The summed E-state index contributed by atoms with van der Waals surface area (Å²) in [4.78, 5) is 31.4. The molecular weight excluding hydrogens is 482 g/mol. The molecule has 0 amide bonds. The zero-order valence-corrected chi connectivity index (χ0v) is 20.9. The van der Waals surface area contributed by atoms with Crippen LogP contribution >= 0.6 is 0 Å². The van der Waals surface area contributed by atoms with Gasteiger partial charge in [0.1, 0.15) is 23.9 Å². The van der Waals surface area contributed by atoms with Crippen molar-refractivity contribution in [2.45, 2.75) is 49.5 Å². The molecule has 2 aromatic heterocycles. The van der Waals surface area contributed by atoms with E-state index in [1.165, 1.54) is 11.6 Å². The molecule has 5 rings (SSSR count). The van der Waals surface area contributed by atoms with Crippen molar-refractivity contribution in [3.8, 4) is 0 Å². The highest BCUT2D eigenvalue weighted by Gasteiger charge is 2.56. The van der Waals surface area contributed by atoms with Gasteiger partial charge in [0.15, 0.2) is 11.2 Å². The summed E-state index contributed by atoms with van der Waals surface area (Å²) in [7, 11) is 3.02. The van der Waals surface area contributed by atoms with Crippen LogP contribution in [0.4, 0.5) is 0 Å². The lowest BCUT2D eigenvalue weighted by Gasteiger charge is -2.31. The quantitative estimate of drug-likeness (QED) is 0.313. The summed E-state index contributed by atoms with van der Waals surface area (Å²) < 4.78 is 15.3. The number of nitrogens with zero attached hydrogens (tertiary/aromatic N) is 5. The molecule has 5 atom stereocenters. The van der Waals surface area contributed by atoms with Gasteiger partial charge in [0.05, 0.1) is 25.6 Å². The molecule has 2 aliphatic heterocycles. The maximum Gasteiger partial charge on any atom is 0.332 e. The van der Waals surface area contributed by atoms with Crippen LogP contribution < -0.4 is 11.2 Å². The molecule has 12 nitrogen and oxygen atoms in total. The molecule has 4 heterocycles. The zero-order valence-electron chi connectivity index (χ0n) is 20.9. The number of aromatic nitrogens is 4. The lowest BCUT2D eigenvalue weighted by molar-refractivity contribution is -0.0948. The van der Waals surface area contributed by atoms with Crippen molar-refractivity contribution in [2.75, 3.05) is 26.3 Å². The van der Waals surface area contributed by atoms with E-state index in [1.807, 2.05) is 35.2 Å². The molecule has 2 saturated heterocycles. The Morgan fingerprint density at radius 3 is 2.70 bits per heavy atom. The highest BCUT2D eigenvalue weighted by atomic mass is 16.6. The van der Waals surface area contributed by atoms with Crippen molar-refractivity contribution in [3.05, 3.63) is 63.1 Å². The maximum absolute atomic E-state index is 12.8. The van der Waals surface area contributed by atoms with E-state index < -0.39 is 41.3 Å². The van der Waals surface area contributed by atoms with Gasteiger partial charge in [-0.2, -0.15) is 0 Å². The molecule has 37 heavy (non-hydrogen) atoms. The van der Waals surface area contributed by atoms with Crippen LogP contribution in [0.15, 0.2) is 46.2 Å². The predicted molar refractivity (Wildman–Crippen MR) is 133 cm³/mol. The minimum absolute atomic E-state index is 0.0157. The second-order valence-corrected chi connectivity index (χ2v) is 10.1. The first-order valence-corrected chi connectivity index (χ1v) is 12.4. The third-order valence-electron chi connectivity index (χ3n) is 7.36. The molecule has 3 aromatic rings. The van der Waals surface area contributed by atoms with Crippen molar-refractivity contribution in [3.63, 3.8) is 0 Å². The van der Waals surface area contributed by atoms with Gasteiger partial charge < -0.3 is 29.4 Å². The van der Waals surface area contributed by atoms with Crippen LogP contribution in [0.25, 0.3) is 11.2 Å². The molecule has 1 unspecified atom stereocenters. The first kappa shape index (κ1) is 25.8. The molecular formula is C25H33N5O7. The predicted octanol–water partition coefficient (Wildman–Crippen LogP) is -1.42. The first-order chi connectivity index (χ1) is 17.7. The van der Waals surface area contributed by atoms with Crippen molar-refractivity contribution >= 4 is 11.2 Å². The maximum atomic E-state index is 12.8. The summed E-state index contributed by atoms with van der Waals surface area (Å²) in [6, 6.07) is 9.81. The van der Waals surface area contributed by atoms with Crippen LogP contribution in [-0.4, -0.2) is 95.2 Å².